The lowest BCUT2D eigenvalue weighted by molar-refractivity contribution is -0.0503. The van der Waals surface area contributed by atoms with E-state index in [2.05, 4.69) is 10.1 Å². The first-order valence-electron chi connectivity index (χ1n) is 6.68. The fourth-order valence-electron chi connectivity index (χ4n) is 2.63. The highest BCUT2D eigenvalue weighted by atomic mass is 19.3. The Morgan fingerprint density at radius 3 is 2.80 bits per heavy atom. The smallest absolute Gasteiger partial charge is 0.387 e. The van der Waals surface area contributed by atoms with E-state index < -0.39 is 6.61 Å². The summed E-state index contributed by atoms with van der Waals surface area (Å²) in [6, 6.07) is 6.16. The second-order valence-electron chi connectivity index (χ2n) is 5.31. The van der Waals surface area contributed by atoms with E-state index in [1.165, 1.54) is 12.1 Å². The summed E-state index contributed by atoms with van der Waals surface area (Å²) in [6.45, 7) is -0.969. The molecule has 1 amide bonds. The maximum absolute atomic E-state index is 12.5. The van der Waals surface area contributed by atoms with Crippen molar-refractivity contribution >= 4 is 5.91 Å². The van der Waals surface area contributed by atoms with Crippen LogP contribution in [0.2, 0.25) is 0 Å². The van der Waals surface area contributed by atoms with Gasteiger partial charge in [-0.15, -0.1) is 0 Å². The van der Waals surface area contributed by atoms with E-state index in [1.54, 1.807) is 17.0 Å². The number of piperazine rings is 1. The molecule has 4 nitrogen and oxygen atoms in total. The Balaban J connectivity index is 1.79. The summed E-state index contributed by atoms with van der Waals surface area (Å²) in [6.07, 6.45) is 2.12. The standard InChI is InChI=1S/C14H16F2N2O2/c15-13(16)20-11-4-2-1-3-10(11)12(19)18-8-7-17-14(9-18)5-6-14/h1-4,13,17H,5-9H2. The predicted molar refractivity (Wildman–Crippen MR) is 68.9 cm³/mol. The Kier molecular flexibility index (Phi) is 3.33. The fourth-order valence-corrected chi connectivity index (χ4v) is 2.63. The minimum Gasteiger partial charge on any atom is -0.434 e. The third kappa shape index (κ3) is 2.60. The summed E-state index contributed by atoms with van der Waals surface area (Å²) in [5.74, 6) is -0.301. The number of carbonyl (C=O) groups excluding carboxylic acids is 1. The third-order valence-electron chi connectivity index (χ3n) is 3.85. The zero-order valence-electron chi connectivity index (χ0n) is 10.9. The van der Waals surface area contributed by atoms with Crippen molar-refractivity contribution in [2.45, 2.75) is 25.0 Å². The second-order valence-corrected chi connectivity index (χ2v) is 5.31. The minimum absolute atomic E-state index is 0.0594. The molecule has 0 bridgehead atoms. The molecule has 3 rings (SSSR count). The van der Waals surface area contributed by atoms with Gasteiger partial charge >= 0.3 is 6.61 Å². The van der Waals surface area contributed by atoms with Gasteiger partial charge in [-0.25, -0.2) is 0 Å². The molecule has 0 unspecified atom stereocenters. The van der Waals surface area contributed by atoms with Gasteiger partial charge in [0, 0.05) is 25.2 Å². The molecule has 1 saturated heterocycles. The van der Waals surface area contributed by atoms with Gasteiger partial charge in [0.05, 0.1) is 5.56 Å². The number of rotatable bonds is 3. The van der Waals surface area contributed by atoms with Gasteiger partial charge in [-0.1, -0.05) is 12.1 Å². The van der Waals surface area contributed by atoms with Gasteiger partial charge in [0.15, 0.2) is 0 Å². The van der Waals surface area contributed by atoms with Crippen molar-refractivity contribution in [3.63, 3.8) is 0 Å². The maximum atomic E-state index is 12.5. The van der Waals surface area contributed by atoms with Crippen molar-refractivity contribution in [2.24, 2.45) is 0 Å². The molecule has 1 saturated carbocycles. The number of halogens is 2. The molecule has 1 aromatic rings. The van der Waals surface area contributed by atoms with Crippen LogP contribution in [-0.4, -0.2) is 42.6 Å². The van der Waals surface area contributed by atoms with Crippen LogP contribution >= 0.6 is 0 Å². The van der Waals surface area contributed by atoms with E-state index in [4.69, 9.17) is 0 Å². The number of ether oxygens (including phenoxy) is 1. The lowest BCUT2D eigenvalue weighted by atomic mass is 10.1. The quantitative estimate of drug-likeness (QED) is 0.920. The molecule has 6 heteroatoms. The largest absolute Gasteiger partial charge is 0.434 e. The normalized spacial score (nSPS) is 20.2. The molecule has 1 aliphatic heterocycles. The summed E-state index contributed by atoms with van der Waals surface area (Å²) in [4.78, 5) is 14.2. The Morgan fingerprint density at radius 2 is 2.10 bits per heavy atom. The molecule has 0 atom stereocenters. The van der Waals surface area contributed by atoms with Crippen molar-refractivity contribution < 1.29 is 18.3 Å². The molecule has 1 heterocycles. The summed E-state index contributed by atoms with van der Waals surface area (Å²) in [5.41, 5.74) is 0.261. The molecule has 2 aliphatic rings. The monoisotopic (exact) mass is 282 g/mol. The highest BCUT2D eigenvalue weighted by Gasteiger charge is 2.46. The number of nitrogens with one attached hydrogen (secondary N) is 1. The van der Waals surface area contributed by atoms with Gasteiger partial charge in [0.2, 0.25) is 0 Å². The number of carbonyl (C=O) groups is 1. The van der Waals surface area contributed by atoms with Crippen LogP contribution in [0.1, 0.15) is 23.2 Å². The second kappa shape index (κ2) is 5.01. The first-order valence-corrected chi connectivity index (χ1v) is 6.68. The van der Waals surface area contributed by atoms with Gasteiger partial charge in [-0.3, -0.25) is 4.79 Å². The zero-order valence-corrected chi connectivity index (χ0v) is 10.9. The van der Waals surface area contributed by atoms with E-state index >= 15 is 0 Å². The highest BCUT2D eigenvalue weighted by Crippen LogP contribution is 2.38. The summed E-state index contributed by atoms with van der Waals surface area (Å²) < 4.78 is 29.2. The molecule has 0 aromatic heterocycles. The van der Waals surface area contributed by atoms with Crippen LogP contribution in [0.25, 0.3) is 0 Å². The SMILES string of the molecule is O=C(c1ccccc1OC(F)F)N1CCNC2(CC2)C1. The third-order valence-corrected chi connectivity index (χ3v) is 3.85. The van der Waals surface area contributed by atoms with Crippen LogP contribution in [0, 0.1) is 0 Å². The van der Waals surface area contributed by atoms with Crippen molar-refractivity contribution in [3.05, 3.63) is 29.8 Å². The van der Waals surface area contributed by atoms with Crippen molar-refractivity contribution in [3.8, 4) is 5.75 Å². The molecule has 0 radical (unpaired) electrons. The molecule has 2 fully saturated rings. The van der Waals surface area contributed by atoms with Gasteiger partial charge in [0.25, 0.3) is 5.91 Å². The topological polar surface area (TPSA) is 41.6 Å². The zero-order chi connectivity index (χ0) is 14.2. The van der Waals surface area contributed by atoms with Crippen LogP contribution in [0.5, 0.6) is 5.75 Å². The number of hydrogen-bond acceptors (Lipinski definition) is 3. The Labute approximate surface area is 115 Å². The minimum atomic E-state index is -2.93. The van der Waals surface area contributed by atoms with Crippen LogP contribution in [0.3, 0.4) is 0 Å². The molecule has 1 spiro atoms. The number of hydrogen-bond donors (Lipinski definition) is 1. The lowest BCUT2D eigenvalue weighted by Gasteiger charge is -2.34. The molecule has 1 aromatic carbocycles. The van der Waals surface area contributed by atoms with Gasteiger partial charge in [-0.05, 0) is 25.0 Å². The Hall–Kier alpha value is -1.69. The van der Waals surface area contributed by atoms with Crippen LogP contribution in [0.15, 0.2) is 24.3 Å². The number of benzene rings is 1. The van der Waals surface area contributed by atoms with E-state index in [1.807, 2.05) is 0 Å². The maximum Gasteiger partial charge on any atom is 0.387 e. The lowest BCUT2D eigenvalue weighted by Crippen LogP contribution is -2.54. The molecule has 20 heavy (non-hydrogen) atoms. The average molecular weight is 282 g/mol. The summed E-state index contributed by atoms with van der Waals surface area (Å²) in [5, 5.41) is 3.41. The Bertz CT molecular complexity index is 518. The number of nitrogens with zero attached hydrogens (tertiary/aromatic N) is 1. The Morgan fingerprint density at radius 1 is 1.35 bits per heavy atom. The number of alkyl halides is 2. The van der Waals surface area contributed by atoms with Gasteiger partial charge < -0.3 is 15.0 Å². The molecule has 1 N–H and O–H groups in total. The molecule has 1 aliphatic carbocycles. The molecule has 108 valence electrons. The van der Waals surface area contributed by atoms with Crippen LogP contribution in [-0.2, 0) is 0 Å². The average Bonchev–Trinajstić information content (AvgIpc) is 3.17. The van der Waals surface area contributed by atoms with Crippen molar-refractivity contribution in [1.82, 2.24) is 10.2 Å². The first-order chi connectivity index (χ1) is 9.60. The van der Waals surface area contributed by atoms with Crippen LogP contribution in [0.4, 0.5) is 8.78 Å². The van der Waals surface area contributed by atoms with E-state index in [9.17, 15) is 13.6 Å². The number of amides is 1. The number of para-hydroxylation sites is 1. The van der Waals surface area contributed by atoms with E-state index in [-0.39, 0.29) is 22.8 Å². The molecular weight excluding hydrogens is 266 g/mol. The van der Waals surface area contributed by atoms with E-state index in [0.29, 0.717) is 13.1 Å². The first kappa shape index (κ1) is 13.3. The summed E-state index contributed by atoms with van der Waals surface area (Å²) >= 11 is 0. The van der Waals surface area contributed by atoms with Crippen molar-refractivity contribution in [1.29, 1.82) is 0 Å². The predicted octanol–water partition coefficient (Wildman–Crippen LogP) is 1.87. The van der Waals surface area contributed by atoms with Gasteiger partial charge in [-0.2, -0.15) is 8.78 Å². The summed E-state index contributed by atoms with van der Waals surface area (Å²) in [7, 11) is 0. The van der Waals surface area contributed by atoms with E-state index in [0.717, 1.165) is 19.4 Å². The molecular formula is C14H16F2N2O2. The van der Waals surface area contributed by atoms with Crippen LogP contribution < -0.4 is 10.1 Å². The highest BCUT2D eigenvalue weighted by molar-refractivity contribution is 5.97. The van der Waals surface area contributed by atoms with Gasteiger partial charge in [0.1, 0.15) is 5.75 Å². The fraction of sp³-hybridized carbons (Fsp3) is 0.500. The van der Waals surface area contributed by atoms with Crippen molar-refractivity contribution in [2.75, 3.05) is 19.6 Å².